The van der Waals surface area contributed by atoms with Crippen LogP contribution in [0.15, 0.2) is 65.8 Å². The van der Waals surface area contributed by atoms with Gasteiger partial charge in [0.2, 0.25) is 11.8 Å². The second-order valence-corrected chi connectivity index (χ2v) is 12.0. The second kappa shape index (κ2) is 16.3. The molecular weight excluding hydrogens is 530 g/mol. The van der Waals surface area contributed by atoms with Crippen LogP contribution in [-0.2, 0) is 16.0 Å². The number of hydrogen-bond donors (Lipinski definition) is 0. The van der Waals surface area contributed by atoms with Crippen LogP contribution in [0.3, 0.4) is 0 Å². The summed E-state index contributed by atoms with van der Waals surface area (Å²) in [6.07, 6.45) is 9.71. The number of thioether (sulfide) groups is 1. The monoisotopic (exact) mass is 575 g/mol. The number of aromatic nitrogens is 3. The van der Waals surface area contributed by atoms with E-state index in [0.29, 0.717) is 38.9 Å². The summed E-state index contributed by atoms with van der Waals surface area (Å²) in [5.41, 5.74) is 2.23. The average Bonchev–Trinajstić information content (AvgIpc) is 3.39. The van der Waals surface area contributed by atoms with Crippen molar-refractivity contribution in [3.63, 3.8) is 0 Å². The molecule has 0 N–H and O–H groups in total. The smallest absolute Gasteiger partial charge is 0.222 e. The molecule has 1 unspecified atom stereocenters. The van der Waals surface area contributed by atoms with Gasteiger partial charge in [0.15, 0.2) is 5.16 Å². The van der Waals surface area contributed by atoms with Gasteiger partial charge in [0.05, 0.1) is 0 Å². The maximum Gasteiger partial charge on any atom is 0.222 e. The maximum atomic E-state index is 13.0. The van der Waals surface area contributed by atoms with E-state index >= 15 is 0 Å². The van der Waals surface area contributed by atoms with Gasteiger partial charge in [-0.05, 0) is 37.5 Å². The van der Waals surface area contributed by atoms with Crippen LogP contribution in [0, 0.1) is 0 Å². The molecule has 0 radical (unpaired) electrons. The van der Waals surface area contributed by atoms with Crippen LogP contribution in [0.1, 0.15) is 83.0 Å². The molecule has 1 aliphatic rings. The number of benzene rings is 2. The summed E-state index contributed by atoms with van der Waals surface area (Å²) in [5.74, 6) is 2.10. The lowest BCUT2D eigenvalue weighted by atomic mass is 10.1. The van der Waals surface area contributed by atoms with Crippen LogP contribution in [0.2, 0.25) is 0 Å². The lowest BCUT2D eigenvalue weighted by molar-refractivity contribution is -0.142. The Morgan fingerprint density at radius 1 is 0.829 bits per heavy atom. The Bertz CT molecular complexity index is 1220. The topological polar surface area (TPSA) is 71.3 Å². The zero-order chi connectivity index (χ0) is 28.9. The summed E-state index contributed by atoms with van der Waals surface area (Å²) >= 11 is 1.65. The molecule has 3 aromatic rings. The van der Waals surface area contributed by atoms with Crippen molar-refractivity contribution in [3.05, 3.63) is 72.1 Å². The number of rotatable bonds is 15. The predicted molar refractivity (Wildman–Crippen MR) is 166 cm³/mol. The highest BCUT2D eigenvalue weighted by atomic mass is 32.2. The standard InChI is InChI=1S/C33H45N5O2S/c1-3-4-5-6-7-14-20-32(40)37-23-22-36(26-27(37)2)31(39)21-15-24-41-33-35-34-30(25-28-16-10-8-11-17-28)38(33)29-18-12-9-13-19-29/h8-13,16-19,27H,3-7,14-15,20-26H2,1-2H3. The van der Waals surface area contributed by atoms with E-state index in [1.807, 2.05) is 46.2 Å². The van der Waals surface area contributed by atoms with E-state index in [0.717, 1.165) is 41.7 Å². The van der Waals surface area contributed by atoms with Crippen molar-refractivity contribution in [1.82, 2.24) is 24.6 Å². The molecule has 2 aromatic carbocycles. The third-order valence-electron chi connectivity index (χ3n) is 7.73. The molecule has 2 amide bonds. The van der Waals surface area contributed by atoms with Gasteiger partial charge in [-0.3, -0.25) is 14.2 Å². The van der Waals surface area contributed by atoms with E-state index in [2.05, 4.69) is 52.9 Å². The number of unbranched alkanes of at least 4 members (excludes halogenated alkanes) is 5. The van der Waals surface area contributed by atoms with Crippen molar-refractivity contribution < 1.29 is 9.59 Å². The van der Waals surface area contributed by atoms with Crippen LogP contribution in [0.5, 0.6) is 0 Å². The molecule has 7 nitrogen and oxygen atoms in total. The Kier molecular flexibility index (Phi) is 12.3. The van der Waals surface area contributed by atoms with Gasteiger partial charge in [0.25, 0.3) is 0 Å². The number of amides is 2. The maximum absolute atomic E-state index is 13.0. The second-order valence-electron chi connectivity index (χ2n) is 11.0. The molecular formula is C33H45N5O2S. The van der Waals surface area contributed by atoms with Gasteiger partial charge >= 0.3 is 0 Å². The molecule has 8 heteroatoms. The minimum atomic E-state index is 0.0714. The van der Waals surface area contributed by atoms with Gasteiger partial charge in [-0.1, -0.05) is 99.3 Å². The molecule has 41 heavy (non-hydrogen) atoms. The van der Waals surface area contributed by atoms with Gasteiger partial charge in [-0.15, -0.1) is 10.2 Å². The molecule has 1 aliphatic heterocycles. The van der Waals surface area contributed by atoms with Crippen LogP contribution in [-0.4, -0.2) is 67.8 Å². The van der Waals surface area contributed by atoms with Crippen molar-refractivity contribution in [2.45, 2.75) is 89.3 Å². The minimum Gasteiger partial charge on any atom is -0.339 e. The molecule has 1 fully saturated rings. The SMILES string of the molecule is CCCCCCCCC(=O)N1CCN(C(=O)CCCSc2nnc(Cc3ccccc3)n2-c2ccccc2)CC1C. The Morgan fingerprint density at radius 3 is 2.24 bits per heavy atom. The summed E-state index contributed by atoms with van der Waals surface area (Å²) in [5, 5.41) is 9.89. The number of carbonyl (C=O) groups is 2. The first kappa shape index (κ1) is 30.8. The van der Waals surface area contributed by atoms with Gasteiger partial charge in [-0.25, -0.2) is 0 Å². The fourth-order valence-corrected chi connectivity index (χ4v) is 6.33. The van der Waals surface area contributed by atoms with Gasteiger partial charge < -0.3 is 9.80 Å². The first-order valence-electron chi connectivity index (χ1n) is 15.3. The van der Waals surface area contributed by atoms with Gasteiger partial charge in [0.1, 0.15) is 5.82 Å². The van der Waals surface area contributed by atoms with Gasteiger partial charge in [-0.2, -0.15) is 0 Å². The molecule has 2 heterocycles. The lowest BCUT2D eigenvalue weighted by Gasteiger charge is -2.40. The summed E-state index contributed by atoms with van der Waals surface area (Å²) in [6.45, 7) is 6.18. The molecule has 0 saturated carbocycles. The first-order valence-corrected chi connectivity index (χ1v) is 16.3. The Balaban J connectivity index is 1.23. The van der Waals surface area contributed by atoms with Crippen LogP contribution in [0.25, 0.3) is 5.69 Å². The van der Waals surface area contributed by atoms with Crippen molar-refractivity contribution in [2.75, 3.05) is 25.4 Å². The van der Waals surface area contributed by atoms with E-state index in [-0.39, 0.29) is 17.9 Å². The summed E-state index contributed by atoms with van der Waals surface area (Å²) in [7, 11) is 0. The Morgan fingerprint density at radius 2 is 1.51 bits per heavy atom. The van der Waals surface area contributed by atoms with E-state index in [9.17, 15) is 9.59 Å². The quantitative estimate of drug-likeness (QED) is 0.152. The van der Waals surface area contributed by atoms with E-state index in [1.54, 1.807) is 11.8 Å². The summed E-state index contributed by atoms with van der Waals surface area (Å²) in [4.78, 5) is 29.7. The normalized spacial score (nSPS) is 15.3. The first-order chi connectivity index (χ1) is 20.1. The third-order valence-corrected chi connectivity index (χ3v) is 8.75. The predicted octanol–water partition coefficient (Wildman–Crippen LogP) is 6.54. The average molecular weight is 576 g/mol. The Labute approximate surface area is 249 Å². The largest absolute Gasteiger partial charge is 0.339 e. The zero-order valence-corrected chi connectivity index (χ0v) is 25.5. The minimum absolute atomic E-state index is 0.0714. The molecule has 220 valence electrons. The number of piperazine rings is 1. The molecule has 4 rings (SSSR count). The lowest BCUT2D eigenvalue weighted by Crippen LogP contribution is -2.55. The fraction of sp³-hybridized carbons (Fsp3) is 0.515. The summed E-state index contributed by atoms with van der Waals surface area (Å²) in [6, 6.07) is 20.6. The molecule has 0 aliphatic carbocycles. The van der Waals surface area contributed by atoms with Crippen molar-refractivity contribution in [2.24, 2.45) is 0 Å². The van der Waals surface area contributed by atoms with Crippen molar-refractivity contribution in [3.8, 4) is 5.69 Å². The van der Waals surface area contributed by atoms with E-state index < -0.39 is 0 Å². The molecule has 0 bridgehead atoms. The summed E-state index contributed by atoms with van der Waals surface area (Å²) < 4.78 is 2.13. The van der Waals surface area contributed by atoms with Crippen LogP contribution in [0.4, 0.5) is 0 Å². The van der Waals surface area contributed by atoms with Crippen molar-refractivity contribution >= 4 is 23.6 Å². The number of para-hydroxylation sites is 1. The number of nitrogens with zero attached hydrogens (tertiary/aromatic N) is 5. The zero-order valence-electron chi connectivity index (χ0n) is 24.7. The van der Waals surface area contributed by atoms with Crippen LogP contribution >= 0.6 is 11.8 Å². The highest BCUT2D eigenvalue weighted by Crippen LogP contribution is 2.25. The number of carbonyl (C=O) groups excluding carboxylic acids is 2. The molecule has 1 aromatic heterocycles. The fourth-order valence-electron chi connectivity index (χ4n) is 5.42. The molecule has 0 spiro atoms. The highest BCUT2D eigenvalue weighted by molar-refractivity contribution is 7.99. The Hall–Kier alpha value is -3.13. The molecule has 1 atom stereocenters. The van der Waals surface area contributed by atoms with E-state index in [1.165, 1.54) is 31.2 Å². The highest BCUT2D eigenvalue weighted by Gasteiger charge is 2.29. The number of hydrogen-bond acceptors (Lipinski definition) is 5. The third kappa shape index (κ3) is 9.18. The van der Waals surface area contributed by atoms with Crippen LogP contribution < -0.4 is 0 Å². The van der Waals surface area contributed by atoms with E-state index in [4.69, 9.17) is 0 Å². The molecule has 1 saturated heterocycles. The van der Waals surface area contributed by atoms with Crippen molar-refractivity contribution in [1.29, 1.82) is 0 Å². The van der Waals surface area contributed by atoms with Gasteiger partial charge in [0, 0.05) is 56.4 Å².